The molecule has 1 aromatic heterocycles. The summed E-state index contributed by atoms with van der Waals surface area (Å²) in [6, 6.07) is 8.06. The van der Waals surface area contributed by atoms with Gasteiger partial charge in [0.25, 0.3) is 0 Å². The lowest BCUT2D eigenvalue weighted by Gasteiger charge is -2.13. The highest BCUT2D eigenvalue weighted by Gasteiger charge is 2.16. The second-order valence-corrected chi connectivity index (χ2v) is 7.00. The Morgan fingerprint density at radius 1 is 1.24 bits per heavy atom. The summed E-state index contributed by atoms with van der Waals surface area (Å²) < 4.78 is 12.5. The molecule has 0 aliphatic rings. The van der Waals surface area contributed by atoms with E-state index in [1.807, 2.05) is 16.7 Å². The molecule has 0 fully saturated rings. The number of ether oxygens (including phenoxy) is 2. The zero-order chi connectivity index (χ0) is 18.2. The van der Waals surface area contributed by atoms with Gasteiger partial charge in [-0.15, -0.1) is 10.2 Å². The first-order valence-corrected chi connectivity index (χ1v) is 9.35. The molecule has 0 amide bonds. The maximum Gasteiger partial charge on any atom is 0.316 e. The molecule has 0 radical (unpaired) electrons. The molecule has 0 N–H and O–H groups in total. The number of benzene rings is 1. The second-order valence-electron chi connectivity index (χ2n) is 6.05. The second kappa shape index (κ2) is 9.46. The van der Waals surface area contributed by atoms with Crippen LogP contribution in [0.3, 0.4) is 0 Å². The van der Waals surface area contributed by atoms with E-state index in [1.54, 1.807) is 0 Å². The Morgan fingerprint density at radius 2 is 1.96 bits per heavy atom. The van der Waals surface area contributed by atoms with E-state index < -0.39 is 0 Å². The lowest BCUT2D eigenvalue weighted by atomic mass is 10.2. The van der Waals surface area contributed by atoms with Crippen molar-refractivity contribution in [1.82, 2.24) is 14.8 Å². The molecule has 25 heavy (non-hydrogen) atoms. The van der Waals surface area contributed by atoms with Crippen LogP contribution in [0.1, 0.15) is 32.2 Å². The van der Waals surface area contributed by atoms with Crippen molar-refractivity contribution in [3.8, 4) is 5.75 Å². The lowest BCUT2D eigenvalue weighted by Crippen LogP contribution is -2.13. The van der Waals surface area contributed by atoms with Crippen molar-refractivity contribution in [2.45, 2.75) is 45.5 Å². The molecule has 0 spiro atoms. The maximum absolute atomic E-state index is 11.4. The molecule has 0 aliphatic heterocycles. The molecule has 0 aliphatic carbocycles. The van der Waals surface area contributed by atoms with E-state index in [1.165, 1.54) is 24.4 Å². The van der Waals surface area contributed by atoms with E-state index in [0.717, 1.165) is 24.5 Å². The SMILES string of the molecule is CCc1ccc(OCc2nnc(SCC(=O)OC)n2CC(C)C)cc1. The van der Waals surface area contributed by atoms with Crippen LogP contribution in [-0.2, 0) is 29.1 Å². The third-order valence-corrected chi connectivity index (χ3v) is 4.53. The molecule has 7 heteroatoms. The van der Waals surface area contributed by atoms with Gasteiger partial charge in [-0.05, 0) is 30.0 Å². The number of rotatable bonds is 9. The topological polar surface area (TPSA) is 66.2 Å². The number of hydrogen-bond donors (Lipinski definition) is 0. The van der Waals surface area contributed by atoms with Gasteiger partial charge in [-0.2, -0.15) is 0 Å². The van der Waals surface area contributed by atoms with Crippen LogP contribution < -0.4 is 4.74 Å². The number of thioether (sulfide) groups is 1. The average Bonchev–Trinajstić information content (AvgIpc) is 2.99. The quantitative estimate of drug-likeness (QED) is 0.503. The number of aryl methyl sites for hydroxylation is 1. The molecule has 2 rings (SSSR count). The van der Waals surface area contributed by atoms with Gasteiger partial charge < -0.3 is 14.0 Å². The number of hydrogen-bond acceptors (Lipinski definition) is 6. The van der Waals surface area contributed by atoms with Crippen molar-refractivity contribution in [3.63, 3.8) is 0 Å². The van der Waals surface area contributed by atoms with Crippen molar-refractivity contribution in [1.29, 1.82) is 0 Å². The molecule has 1 heterocycles. The molecule has 0 bridgehead atoms. The molecule has 6 nitrogen and oxygen atoms in total. The first-order valence-electron chi connectivity index (χ1n) is 8.36. The molecule has 0 atom stereocenters. The normalized spacial score (nSPS) is 10.9. The minimum Gasteiger partial charge on any atom is -0.486 e. The average molecular weight is 363 g/mol. The number of aromatic nitrogens is 3. The Morgan fingerprint density at radius 3 is 2.56 bits per heavy atom. The van der Waals surface area contributed by atoms with Gasteiger partial charge in [-0.25, -0.2) is 0 Å². The number of nitrogens with zero attached hydrogens (tertiary/aromatic N) is 3. The van der Waals surface area contributed by atoms with Crippen molar-refractivity contribution >= 4 is 17.7 Å². The summed E-state index contributed by atoms with van der Waals surface area (Å²) in [6.07, 6.45) is 1.00. The Balaban J connectivity index is 2.07. The summed E-state index contributed by atoms with van der Waals surface area (Å²) in [6.45, 7) is 7.48. The fraction of sp³-hybridized carbons (Fsp3) is 0.500. The minimum atomic E-state index is -0.280. The van der Waals surface area contributed by atoms with Gasteiger partial charge in [0.2, 0.25) is 0 Å². The predicted molar refractivity (Wildman–Crippen MR) is 97.8 cm³/mol. The first kappa shape index (κ1) is 19.3. The lowest BCUT2D eigenvalue weighted by molar-refractivity contribution is -0.137. The zero-order valence-electron chi connectivity index (χ0n) is 15.2. The van der Waals surface area contributed by atoms with Gasteiger partial charge >= 0.3 is 5.97 Å². The standard InChI is InChI=1S/C18H25N3O3S/c1-5-14-6-8-15(9-7-14)24-11-16-19-20-18(21(16)10-13(2)3)25-12-17(22)23-4/h6-9,13H,5,10-12H2,1-4H3. The van der Waals surface area contributed by atoms with Crippen LogP contribution in [0, 0.1) is 5.92 Å². The van der Waals surface area contributed by atoms with Crippen LogP contribution in [0.15, 0.2) is 29.4 Å². The Hall–Kier alpha value is -2.02. The molecule has 1 aromatic carbocycles. The largest absolute Gasteiger partial charge is 0.486 e. The molecule has 0 saturated carbocycles. The van der Waals surface area contributed by atoms with Crippen molar-refractivity contribution in [3.05, 3.63) is 35.7 Å². The highest BCUT2D eigenvalue weighted by Crippen LogP contribution is 2.20. The summed E-state index contributed by atoms with van der Waals surface area (Å²) in [5, 5.41) is 9.15. The van der Waals surface area contributed by atoms with Crippen molar-refractivity contribution < 1.29 is 14.3 Å². The van der Waals surface area contributed by atoms with E-state index in [4.69, 9.17) is 4.74 Å². The Bertz CT molecular complexity index is 683. The highest BCUT2D eigenvalue weighted by atomic mass is 32.2. The zero-order valence-corrected chi connectivity index (χ0v) is 16.0. The fourth-order valence-electron chi connectivity index (χ4n) is 2.23. The number of carbonyl (C=O) groups is 1. The summed E-state index contributed by atoms with van der Waals surface area (Å²) in [4.78, 5) is 11.4. The fourth-order valence-corrected chi connectivity index (χ4v) is 3.03. The van der Waals surface area contributed by atoms with Crippen LogP contribution in [0.4, 0.5) is 0 Å². The van der Waals surface area contributed by atoms with Crippen LogP contribution >= 0.6 is 11.8 Å². The summed E-state index contributed by atoms with van der Waals surface area (Å²) >= 11 is 1.33. The van der Waals surface area contributed by atoms with Crippen molar-refractivity contribution in [2.75, 3.05) is 12.9 Å². The Kier molecular flexibility index (Phi) is 7.31. The monoisotopic (exact) mass is 363 g/mol. The summed E-state index contributed by atoms with van der Waals surface area (Å²) in [5.41, 5.74) is 1.27. The molecule has 0 saturated heterocycles. The van der Waals surface area contributed by atoms with Crippen LogP contribution in [0.5, 0.6) is 5.75 Å². The van der Waals surface area contributed by atoms with E-state index in [9.17, 15) is 4.79 Å². The van der Waals surface area contributed by atoms with E-state index in [-0.39, 0.29) is 11.7 Å². The highest BCUT2D eigenvalue weighted by molar-refractivity contribution is 7.99. The minimum absolute atomic E-state index is 0.214. The molecule has 0 unspecified atom stereocenters. The van der Waals surface area contributed by atoms with Crippen LogP contribution in [-0.4, -0.2) is 33.6 Å². The van der Waals surface area contributed by atoms with E-state index in [0.29, 0.717) is 17.7 Å². The van der Waals surface area contributed by atoms with Crippen LogP contribution in [0.25, 0.3) is 0 Å². The number of methoxy groups -OCH3 is 1. The van der Waals surface area contributed by atoms with Gasteiger partial charge in [0.05, 0.1) is 12.9 Å². The van der Waals surface area contributed by atoms with Gasteiger partial charge in [-0.1, -0.05) is 44.7 Å². The summed E-state index contributed by atoms with van der Waals surface area (Å²) in [7, 11) is 1.38. The molecule has 2 aromatic rings. The van der Waals surface area contributed by atoms with Crippen molar-refractivity contribution in [2.24, 2.45) is 5.92 Å². The van der Waals surface area contributed by atoms with Gasteiger partial charge in [0.15, 0.2) is 11.0 Å². The van der Waals surface area contributed by atoms with E-state index in [2.05, 4.69) is 47.8 Å². The van der Waals surface area contributed by atoms with Gasteiger partial charge in [0.1, 0.15) is 12.4 Å². The maximum atomic E-state index is 11.4. The Labute approximate surface area is 152 Å². The first-order chi connectivity index (χ1) is 12.0. The third kappa shape index (κ3) is 5.77. The molecular weight excluding hydrogens is 338 g/mol. The molecule has 136 valence electrons. The van der Waals surface area contributed by atoms with Gasteiger partial charge in [0, 0.05) is 6.54 Å². The smallest absolute Gasteiger partial charge is 0.316 e. The van der Waals surface area contributed by atoms with Crippen LogP contribution in [0.2, 0.25) is 0 Å². The third-order valence-electron chi connectivity index (χ3n) is 3.59. The summed E-state index contributed by atoms with van der Waals surface area (Å²) in [5.74, 6) is 1.92. The predicted octanol–water partition coefficient (Wildman–Crippen LogP) is 3.34. The number of carbonyl (C=O) groups excluding carboxylic acids is 1. The molecular formula is C18H25N3O3S. The van der Waals surface area contributed by atoms with E-state index >= 15 is 0 Å². The van der Waals surface area contributed by atoms with Gasteiger partial charge in [-0.3, -0.25) is 4.79 Å². The number of esters is 1.